The van der Waals surface area contributed by atoms with Crippen molar-refractivity contribution in [2.75, 3.05) is 20.3 Å². The van der Waals surface area contributed by atoms with Crippen LogP contribution in [0.2, 0.25) is 3.93 Å². The standard InChI is InChI=1S/C11H16NO5S2.Hg/c1-4-17-11(13)9-5-6-10(18-9)19(14,15)12-7-8(2)16-3;/h5-6,8,12H,2,4,7H2,1,3H3;. The number of hydrogen-bond donors (Lipinski definition) is 1. The molecule has 0 aliphatic rings. The summed E-state index contributed by atoms with van der Waals surface area (Å²) in [5.74, 6) is -0.504. The van der Waals surface area contributed by atoms with Crippen LogP contribution in [0.5, 0.6) is 0 Å². The molecule has 0 radical (unpaired) electrons. The molecular formula is C11H16HgNO5S2. The van der Waals surface area contributed by atoms with Gasteiger partial charge in [0.25, 0.3) is 0 Å². The minimum absolute atomic E-state index is 0.0856. The summed E-state index contributed by atoms with van der Waals surface area (Å²) in [5.41, 5.74) is 0. The Morgan fingerprint density at radius 1 is 1.50 bits per heavy atom. The maximum atomic E-state index is 12.1. The van der Waals surface area contributed by atoms with Gasteiger partial charge in [0.05, 0.1) is 0 Å². The van der Waals surface area contributed by atoms with E-state index in [1.165, 1.54) is 12.1 Å². The number of sulfonamides is 1. The second-order valence-electron chi connectivity index (χ2n) is 3.84. The van der Waals surface area contributed by atoms with Crippen molar-refractivity contribution in [1.82, 2.24) is 4.72 Å². The summed E-state index contributed by atoms with van der Waals surface area (Å²) < 4.78 is 37.6. The molecule has 0 aromatic carbocycles. The van der Waals surface area contributed by atoms with Crippen LogP contribution in [0, 0.1) is 0 Å². The van der Waals surface area contributed by atoms with E-state index in [2.05, 4.69) is 4.72 Å². The monoisotopic (exact) mass is 508 g/mol. The summed E-state index contributed by atoms with van der Waals surface area (Å²) in [6.45, 7) is 2.20. The van der Waals surface area contributed by atoms with Crippen LogP contribution >= 0.6 is 11.3 Å². The van der Waals surface area contributed by atoms with Crippen LogP contribution in [0.25, 0.3) is 0 Å². The van der Waals surface area contributed by atoms with E-state index in [1.807, 2.05) is 0 Å². The third-order valence-electron chi connectivity index (χ3n) is 2.48. The normalized spacial score (nSPS) is 13.2. The SMILES string of the molecule is CCOC(=O)c1ccc(S(=O)(=O)NCC([CH2][Hg])OC)s1. The Morgan fingerprint density at radius 3 is 2.75 bits per heavy atom. The number of carbonyl (C=O) groups excluding carboxylic acids is 1. The van der Waals surface area contributed by atoms with E-state index in [9.17, 15) is 13.2 Å². The molecule has 109 valence electrons. The van der Waals surface area contributed by atoms with Crippen LogP contribution in [0.1, 0.15) is 16.6 Å². The first-order valence-corrected chi connectivity index (χ1v) is 12.2. The molecule has 9 heteroatoms. The van der Waals surface area contributed by atoms with Crippen LogP contribution in [0.3, 0.4) is 0 Å². The first-order valence-electron chi connectivity index (χ1n) is 6.03. The van der Waals surface area contributed by atoms with E-state index in [-0.39, 0.29) is 28.3 Å². The van der Waals surface area contributed by atoms with Crippen molar-refractivity contribution in [1.29, 1.82) is 0 Å². The number of nitrogens with one attached hydrogen (secondary N) is 1. The molecule has 1 rings (SSSR count). The Bertz CT molecular complexity index is 539. The van der Waals surface area contributed by atoms with Gasteiger partial charge in [-0.1, -0.05) is 0 Å². The van der Waals surface area contributed by atoms with E-state index in [0.29, 0.717) is 26.1 Å². The van der Waals surface area contributed by atoms with E-state index in [1.54, 1.807) is 14.0 Å². The van der Waals surface area contributed by atoms with Gasteiger partial charge in [-0.05, 0) is 0 Å². The third-order valence-corrected chi connectivity index (χ3v) is 7.96. The number of esters is 1. The summed E-state index contributed by atoms with van der Waals surface area (Å²) in [6, 6.07) is 2.87. The van der Waals surface area contributed by atoms with E-state index < -0.39 is 16.0 Å². The van der Waals surface area contributed by atoms with Crippen molar-refractivity contribution in [3.05, 3.63) is 17.0 Å². The molecule has 0 bridgehead atoms. The summed E-state index contributed by atoms with van der Waals surface area (Å²) in [6.07, 6.45) is -0.0856. The molecule has 0 aliphatic heterocycles. The first-order chi connectivity index (χ1) is 9.44. The van der Waals surface area contributed by atoms with Gasteiger partial charge in [-0.25, -0.2) is 0 Å². The second kappa shape index (κ2) is 8.43. The number of ether oxygens (including phenoxy) is 2. The summed E-state index contributed by atoms with van der Waals surface area (Å²) in [5, 5.41) is 0. The van der Waals surface area contributed by atoms with Crippen LogP contribution in [0.4, 0.5) is 0 Å². The van der Waals surface area contributed by atoms with Gasteiger partial charge in [-0.15, -0.1) is 0 Å². The maximum absolute atomic E-state index is 12.1. The zero-order valence-corrected chi connectivity index (χ0v) is 18.5. The molecule has 1 unspecified atom stereocenters. The van der Waals surface area contributed by atoms with Crippen molar-refractivity contribution in [3.63, 3.8) is 0 Å². The number of carbonyl (C=O) groups is 1. The molecule has 1 heterocycles. The van der Waals surface area contributed by atoms with E-state index in [4.69, 9.17) is 9.47 Å². The Balaban J connectivity index is 2.75. The molecule has 6 nitrogen and oxygen atoms in total. The predicted octanol–water partition coefficient (Wildman–Crippen LogP) is 1.18. The second-order valence-corrected chi connectivity index (χ2v) is 9.16. The Hall–Kier alpha value is -0.0249. The van der Waals surface area contributed by atoms with Gasteiger partial charge >= 0.3 is 139 Å². The molecular weight excluding hydrogens is 491 g/mol. The molecule has 20 heavy (non-hydrogen) atoms. The summed E-state index contributed by atoms with van der Waals surface area (Å²) in [7, 11) is -2.04. The minimum atomic E-state index is -3.60. The number of hydrogen-bond acceptors (Lipinski definition) is 6. The number of rotatable bonds is 8. The molecule has 0 saturated carbocycles. The first kappa shape index (κ1) is 18.0. The van der Waals surface area contributed by atoms with Crippen molar-refractivity contribution in [2.24, 2.45) is 0 Å². The number of thiophene rings is 1. The van der Waals surface area contributed by atoms with Crippen molar-refractivity contribution in [3.8, 4) is 0 Å². The van der Waals surface area contributed by atoms with Gasteiger partial charge in [0.1, 0.15) is 0 Å². The van der Waals surface area contributed by atoms with Gasteiger partial charge in [0, 0.05) is 0 Å². The van der Waals surface area contributed by atoms with Crippen LogP contribution in [-0.2, 0) is 45.6 Å². The Kier molecular flexibility index (Phi) is 7.59. The molecule has 0 fully saturated rings. The quantitative estimate of drug-likeness (QED) is 0.423. The molecule has 1 atom stereocenters. The molecule has 1 aromatic rings. The van der Waals surface area contributed by atoms with Crippen LogP contribution in [0.15, 0.2) is 16.3 Å². The third kappa shape index (κ3) is 5.07. The van der Waals surface area contributed by atoms with Gasteiger partial charge in [-0.3, -0.25) is 0 Å². The van der Waals surface area contributed by atoms with Crippen molar-refractivity contribution in [2.45, 2.75) is 21.2 Å². The predicted molar refractivity (Wildman–Crippen MR) is 71.1 cm³/mol. The molecule has 0 spiro atoms. The van der Waals surface area contributed by atoms with Gasteiger partial charge in [0.2, 0.25) is 0 Å². The average Bonchev–Trinajstić information content (AvgIpc) is 2.90. The molecule has 0 amide bonds. The van der Waals surface area contributed by atoms with Gasteiger partial charge in [-0.2, -0.15) is 0 Å². The van der Waals surface area contributed by atoms with Crippen molar-refractivity contribution < 1.29 is 48.8 Å². The molecule has 0 aliphatic carbocycles. The van der Waals surface area contributed by atoms with Crippen molar-refractivity contribution >= 4 is 27.3 Å². The van der Waals surface area contributed by atoms with Crippen LogP contribution in [-0.4, -0.2) is 40.8 Å². The fraction of sp³-hybridized carbons (Fsp3) is 0.545. The Labute approximate surface area is 138 Å². The molecule has 1 N–H and O–H groups in total. The van der Waals surface area contributed by atoms with Crippen LogP contribution < -0.4 is 4.72 Å². The average molecular weight is 507 g/mol. The fourth-order valence-corrected chi connectivity index (χ4v) is 5.37. The molecule has 0 saturated heterocycles. The van der Waals surface area contributed by atoms with E-state index >= 15 is 0 Å². The zero-order valence-electron chi connectivity index (χ0n) is 11.4. The fourth-order valence-electron chi connectivity index (χ4n) is 1.35. The number of methoxy groups -OCH3 is 1. The zero-order chi connectivity index (χ0) is 15.2. The summed E-state index contributed by atoms with van der Waals surface area (Å²) >= 11 is 1.45. The van der Waals surface area contributed by atoms with Gasteiger partial charge in [0.15, 0.2) is 0 Å². The summed E-state index contributed by atoms with van der Waals surface area (Å²) in [4.78, 5) is 11.8. The Morgan fingerprint density at radius 2 is 2.20 bits per heavy atom. The van der Waals surface area contributed by atoms with E-state index in [0.717, 1.165) is 15.3 Å². The molecule has 1 aromatic heterocycles. The van der Waals surface area contributed by atoms with Gasteiger partial charge < -0.3 is 0 Å². The topological polar surface area (TPSA) is 81.7 Å².